The molecule has 1 saturated carbocycles. The lowest BCUT2D eigenvalue weighted by Gasteiger charge is -2.28. The molecule has 0 aliphatic heterocycles. The lowest BCUT2D eigenvalue weighted by atomic mass is 10.0. The molecule has 1 fully saturated rings. The second-order valence-corrected chi connectivity index (χ2v) is 5.22. The Kier molecular flexibility index (Phi) is 3.86. The van der Waals surface area contributed by atoms with E-state index in [-0.39, 0.29) is 17.1 Å². The molecule has 0 spiro atoms. The average molecular weight is 276 g/mol. The predicted molar refractivity (Wildman–Crippen MR) is 72.3 cm³/mol. The van der Waals surface area contributed by atoms with E-state index in [1.165, 1.54) is 12.3 Å². The van der Waals surface area contributed by atoms with Crippen LogP contribution < -0.4 is 4.90 Å². The number of rotatable bonds is 4. The first-order valence-corrected chi connectivity index (χ1v) is 6.43. The molecule has 0 radical (unpaired) electrons. The Morgan fingerprint density at radius 3 is 2.80 bits per heavy atom. The third-order valence-electron chi connectivity index (χ3n) is 3.60. The standard InChI is InChI=1S/C13H16N4O3/c1-16(9-13(18)4-2-3-5-13)12-11(17(19)20)6-10(7-14)8-15-12/h6,8,18H,2-5,9H2,1H3. The molecule has 7 nitrogen and oxygen atoms in total. The molecular formula is C13H16N4O3. The first-order chi connectivity index (χ1) is 9.45. The molecule has 20 heavy (non-hydrogen) atoms. The monoisotopic (exact) mass is 276 g/mol. The minimum atomic E-state index is -0.807. The molecule has 1 aromatic heterocycles. The van der Waals surface area contributed by atoms with Crippen molar-refractivity contribution < 1.29 is 10.0 Å². The summed E-state index contributed by atoms with van der Waals surface area (Å²) < 4.78 is 0. The first-order valence-electron chi connectivity index (χ1n) is 6.43. The predicted octanol–water partition coefficient (Wildman–Crippen LogP) is 1.60. The van der Waals surface area contributed by atoms with E-state index in [0.29, 0.717) is 19.4 Å². The van der Waals surface area contributed by atoms with Gasteiger partial charge in [0.1, 0.15) is 6.07 Å². The lowest BCUT2D eigenvalue weighted by molar-refractivity contribution is -0.384. The van der Waals surface area contributed by atoms with Crippen molar-refractivity contribution in [3.05, 3.63) is 27.9 Å². The Labute approximate surface area is 116 Å². The van der Waals surface area contributed by atoms with Gasteiger partial charge in [-0.05, 0) is 12.8 Å². The molecule has 1 N–H and O–H groups in total. The number of hydrogen-bond acceptors (Lipinski definition) is 6. The highest BCUT2D eigenvalue weighted by atomic mass is 16.6. The van der Waals surface area contributed by atoms with Gasteiger partial charge in [0, 0.05) is 25.9 Å². The molecule has 0 bridgehead atoms. The Morgan fingerprint density at radius 2 is 2.25 bits per heavy atom. The van der Waals surface area contributed by atoms with Crippen molar-refractivity contribution in [1.82, 2.24) is 4.98 Å². The van der Waals surface area contributed by atoms with Gasteiger partial charge in [-0.3, -0.25) is 10.1 Å². The molecule has 7 heteroatoms. The van der Waals surface area contributed by atoms with Crippen LogP contribution in [0.3, 0.4) is 0 Å². The number of pyridine rings is 1. The van der Waals surface area contributed by atoms with Crippen LogP contribution in [0.15, 0.2) is 12.3 Å². The van der Waals surface area contributed by atoms with Crippen molar-refractivity contribution in [2.45, 2.75) is 31.3 Å². The van der Waals surface area contributed by atoms with Crippen LogP contribution in [0.25, 0.3) is 0 Å². The van der Waals surface area contributed by atoms with E-state index in [0.717, 1.165) is 12.8 Å². The number of nitro groups is 1. The fourth-order valence-corrected chi connectivity index (χ4v) is 2.64. The summed E-state index contributed by atoms with van der Waals surface area (Å²) in [6.45, 7) is 0.298. The number of hydrogen-bond donors (Lipinski definition) is 1. The maximum absolute atomic E-state index is 11.1. The Bertz CT molecular complexity index is 561. The van der Waals surface area contributed by atoms with Gasteiger partial charge in [-0.25, -0.2) is 4.98 Å². The van der Waals surface area contributed by atoms with E-state index in [1.807, 2.05) is 6.07 Å². The van der Waals surface area contributed by atoms with Gasteiger partial charge in [-0.15, -0.1) is 0 Å². The van der Waals surface area contributed by atoms with Crippen LogP contribution in [-0.2, 0) is 0 Å². The van der Waals surface area contributed by atoms with Crippen LogP contribution >= 0.6 is 0 Å². The van der Waals surface area contributed by atoms with Gasteiger partial charge < -0.3 is 10.0 Å². The third-order valence-corrected chi connectivity index (χ3v) is 3.60. The minimum Gasteiger partial charge on any atom is -0.388 e. The van der Waals surface area contributed by atoms with Crippen LogP contribution in [0.2, 0.25) is 0 Å². The smallest absolute Gasteiger partial charge is 0.312 e. The van der Waals surface area contributed by atoms with Gasteiger partial charge in [-0.2, -0.15) is 5.26 Å². The zero-order valence-electron chi connectivity index (χ0n) is 11.2. The maximum atomic E-state index is 11.1. The molecule has 0 amide bonds. The summed E-state index contributed by atoms with van der Waals surface area (Å²) in [5.41, 5.74) is -0.875. The second-order valence-electron chi connectivity index (χ2n) is 5.22. The summed E-state index contributed by atoms with van der Waals surface area (Å²) in [5.74, 6) is 0.175. The molecule has 1 heterocycles. The molecular weight excluding hydrogens is 260 g/mol. The zero-order chi connectivity index (χ0) is 14.8. The molecule has 0 unspecified atom stereocenters. The number of anilines is 1. The Balaban J connectivity index is 2.27. The highest BCUT2D eigenvalue weighted by Gasteiger charge is 2.34. The van der Waals surface area contributed by atoms with Gasteiger partial charge in [0.25, 0.3) is 0 Å². The van der Waals surface area contributed by atoms with Crippen molar-refractivity contribution in [3.63, 3.8) is 0 Å². The van der Waals surface area contributed by atoms with E-state index >= 15 is 0 Å². The SMILES string of the molecule is CN(CC1(O)CCCC1)c1ncc(C#N)cc1[N+](=O)[O-]. The van der Waals surface area contributed by atoms with Crippen LogP contribution in [-0.4, -0.2) is 34.2 Å². The van der Waals surface area contributed by atoms with Gasteiger partial charge in [-0.1, -0.05) is 12.8 Å². The lowest BCUT2D eigenvalue weighted by Crippen LogP contribution is -2.39. The van der Waals surface area contributed by atoms with Crippen molar-refractivity contribution in [3.8, 4) is 6.07 Å². The summed E-state index contributed by atoms with van der Waals surface area (Å²) in [4.78, 5) is 16.1. The maximum Gasteiger partial charge on any atom is 0.312 e. The quantitative estimate of drug-likeness (QED) is 0.661. The van der Waals surface area contributed by atoms with E-state index in [4.69, 9.17) is 5.26 Å². The number of likely N-dealkylation sites (N-methyl/N-ethyl adjacent to an activating group) is 1. The third kappa shape index (κ3) is 2.86. The highest BCUT2D eigenvalue weighted by Crippen LogP contribution is 2.33. The topological polar surface area (TPSA) is 103 Å². The van der Waals surface area contributed by atoms with Gasteiger partial charge in [0.2, 0.25) is 5.82 Å². The van der Waals surface area contributed by atoms with Gasteiger partial charge in [0.05, 0.1) is 16.1 Å². The fraction of sp³-hybridized carbons (Fsp3) is 0.538. The number of aliphatic hydroxyl groups is 1. The molecule has 0 saturated heterocycles. The van der Waals surface area contributed by atoms with E-state index < -0.39 is 10.5 Å². The van der Waals surface area contributed by atoms with Gasteiger partial charge in [0.15, 0.2) is 0 Å². The summed E-state index contributed by atoms with van der Waals surface area (Å²) in [6.07, 6.45) is 4.63. The molecule has 1 aromatic rings. The minimum absolute atomic E-state index is 0.147. The van der Waals surface area contributed by atoms with Crippen molar-refractivity contribution in [2.75, 3.05) is 18.5 Å². The van der Waals surface area contributed by atoms with Gasteiger partial charge >= 0.3 is 5.69 Å². The normalized spacial score (nSPS) is 16.6. The molecule has 0 aromatic carbocycles. The molecule has 0 atom stereocenters. The van der Waals surface area contributed by atoms with E-state index in [1.54, 1.807) is 11.9 Å². The van der Waals surface area contributed by atoms with E-state index in [9.17, 15) is 15.2 Å². The number of nitrogens with zero attached hydrogens (tertiary/aromatic N) is 4. The average Bonchev–Trinajstić information content (AvgIpc) is 2.84. The first kappa shape index (κ1) is 14.2. The molecule has 1 aliphatic rings. The van der Waals surface area contributed by atoms with Crippen LogP contribution in [0.1, 0.15) is 31.2 Å². The van der Waals surface area contributed by atoms with Crippen molar-refractivity contribution in [1.29, 1.82) is 5.26 Å². The summed E-state index contributed by atoms with van der Waals surface area (Å²) in [7, 11) is 1.66. The Morgan fingerprint density at radius 1 is 1.60 bits per heavy atom. The highest BCUT2D eigenvalue weighted by molar-refractivity contribution is 5.59. The second kappa shape index (κ2) is 5.43. The zero-order valence-corrected chi connectivity index (χ0v) is 11.2. The molecule has 2 rings (SSSR count). The summed E-state index contributed by atoms with van der Waals surface area (Å²) >= 11 is 0. The van der Waals surface area contributed by atoms with Crippen molar-refractivity contribution in [2.24, 2.45) is 0 Å². The molecule has 1 aliphatic carbocycles. The summed E-state index contributed by atoms with van der Waals surface area (Å²) in [5, 5.41) is 30.2. The van der Waals surface area contributed by atoms with Crippen LogP contribution in [0.5, 0.6) is 0 Å². The van der Waals surface area contributed by atoms with Crippen molar-refractivity contribution >= 4 is 11.5 Å². The molecule has 106 valence electrons. The number of aromatic nitrogens is 1. The summed E-state index contributed by atoms with van der Waals surface area (Å²) in [6, 6.07) is 3.04. The largest absolute Gasteiger partial charge is 0.388 e. The number of nitriles is 1. The van der Waals surface area contributed by atoms with Crippen LogP contribution in [0, 0.1) is 21.4 Å². The van der Waals surface area contributed by atoms with Crippen LogP contribution in [0.4, 0.5) is 11.5 Å². The fourth-order valence-electron chi connectivity index (χ4n) is 2.64. The van der Waals surface area contributed by atoms with E-state index in [2.05, 4.69) is 4.98 Å². The Hall–Kier alpha value is -2.20.